The van der Waals surface area contributed by atoms with Gasteiger partial charge in [0.15, 0.2) is 5.88 Å². The number of aromatic hydroxyl groups is 1. The molecule has 3 rings (SSSR count). The maximum absolute atomic E-state index is 10.1. The van der Waals surface area contributed by atoms with Crippen LogP contribution in [0, 0.1) is 6.92 Å². The maximum Gasteiger partial charge on any atom is 0.198 e. The molecule has 4 nitrogen and oxygen atoms in total. The van der Waals surface area contributed by atoms with Crippen LogP contribution in [-0.2, 0) is 0 Å². The van der Waals surface area contributed by atoms with Crippen LogP contribution in [0.5, 0.6) is 5.88 Å². The third-order valence-electron chi connectivity index (χ3n) is 3.00. The molecule has 20 heavy (non-hydrogen) atoms. The van der Waals surface area contributed by atoms with Gasteiger partial charge < -0.3 is 15.8 Å². The number of aromatic nitrogens is 1. The topological polar surface area (TPSA) is 74.4 Å². The van der Waals surface area contributed by atoms with Crippen molar-refractivity contribution in [3.8, 4) is 5.88 Å². The first-order valence-corrected chi connectivity index (χ1v) is 6.03. The van der Waals surface area contributed by atoms with Crippen molar-refractivity contribution in [3.05, 3.63) is 53.5 Å². The van der Waals surface area contributed by atoms with Gasteiger partial charge in [-0.25, -0.2) is 0 Å². The van der Waals surface area contributed by atoms with Crippen molar-refractivity contribution in [2.45, 2.75) is 6.92 Å². The number of hydrogen-bond donors (Lipinski definition) is 3. The molecule has 0 saturated heterocycles. The highest BCUT2D eigenvalue weighted by Gasteiger charge is 2.10. The molecule has 1 heterocycles. The van der Waals surface area contributed by atoms with E-state index in [1.54, 1.807) is 0 Å². The summed E-state index contributed by atoms with van der Waals surface area (Å²) in [7, 11) is 0. The fraction of sp³-hybridized carbons (Fsp3) is 0.0625. The molecule has 0 aliphatic carbocycles. The Bertz CT molecular complexity index is 966. The minimum absolute atomic E-state index is 0.0752. The quantitative estimate of drug-likeness (QED) is 0.492. The second kappa shape index (κ2) is 4.74. The summed E-state index contributed by atoms with van der Waals surface area (Å²) in [6.45, 7) is 1.89. The van der Waals surface area contributed by atoms with E-state index in [0.717, 1.165) is 16.5 Å². The Morgan fingerprint density at radius 2 is 2.05 bits per heavy atom. The van der Waals surface area contributed by atoms with Crippen LogP contribution in [-0.4, -0.2) is 16.3 Å². The number of nitrogens with two attached hydrogens (primary N) is 1. The number of aliphatic imine (C=N–C) groups is 1. The molecule has 4 N–H and O–H groups in total. The number of aryl methyl sites for hydroxylation is 1. The number of benzene rings is 2. The minimum atomic E-state index is -0.331. The van der Waals surface area contributed by atoms with Crippen molar-refractivity contribution in [1.82, 2.24) is 4.98 Å². The average Bonchev–Trinajstić information content (AvgIpc) is 2.88. The van der Waals surface area contributed by atoms with Crippen molar-refractivity contribution >= 4 is 28.5 Å². The molecule has 1 aromatic heterocycles. The molecular weight excluding hydrogens is 250 g/mol. The highest BCUT2D eigenvalue weighted by molar-refractivity contribution is 6.04. The number of nitrogens with one attached hydrogen (secondary N) is 1. The molecule has 0 spiro atoms. The molecule has 100 valence electrons. The van der Waals surface area contributed by atoms with Crippen molar-refractivity contribution in [2.24, 2.45) is 4.99 Å². The van der Waals surface area contributed by atoms with Crippen LogP contribution in [0.1, 0.15) is 16.6 Å². The van der Waals surface area contributed by atoms with Crippen LogP contribution in [0.4, 0.5) is 11.4 Å². The van der Waals surface area contributed by atoms with E-state index >= 15 is 0 Å². The predicted octanol–water partition coefficient (Wildman–Crippen LogP) is 3.51. The van der Waals surface area contributed by atoms with Crippen LogP contribution < -0.4 is 5.73 Å². The van der Waals surface area contributed by atoms with Gasteiger partial charge in [-0.05, 0) is 42.7 Å². The van der Waals surface area contributed by atoms with E-state index in [2.05, 4.69) is 9.98 Å². The van der Waals surface area contributed by atoms with Crippen LogP contribution in [0.3, 0.4) is 0 Å². The van der Waals surface area contributed by atoms with E-state index in [1.165, 1.54) is 6.21 Å². The zero-order valence-corrected chi connectivity index (χ0v) is 10.8. The summed E-state index contributed by atoms with van der Waals surface area (Å²) in [4.78, 5) is 6.93. The number of H-pyrrole nitrogens is 1. The summed E-state index contributed by atoms with van der Waals surface area (Å²) < 4.78 is 31.3. The summed E-state index contributed by atoms with van der Waals surface area (Å²) in [5.41, 5.74) is 7.31. The van der Waals surface area contributed by atoms with Gasteiger partial charge in [-0.3, -0.25) is 4.99 Å². The van der Waals surface area contributed by atoms with Crippen LogP contribution in [0.15, 0.2) is 47.4 Å². The Kier molecular flexibility index (Phi) is 2.00. The van der Waals surface area contributed by atoms with Crippen molar-refractivity contribution in [3.63, 3.8) is 0 Å². The van der Waals surface area contributed by atoms with Crippen molar-refractivity contribution in [1.29, 1.82) is 0 Å². The highest BCUT2D eigenvalue weighted by atomic mass is 16.3. The standard InChI is InChI=1S/C16H15N3O/c1-10-3-2-4-14-15(10)13(16(20)19-14)9-18-12-7-5-11(17)6-8-12/h2-9,19-20H,17H2,1H3/i5D,6D,7D,8D. The van der Waals surface area contributed by atoms with E-state index in [1.807, 2.05) is 25.1 Å². The van der Waals surface area contributed by atoms with Gasteiger partial charge in [-0.1, -0.05) is 12.1 Å². The molecule has 2 aromatic carbocycles. The molecule has 0 saturated carbocycles. The highest BCUT2D eigenvalue weighted by Crippen LogP contribution is 2.28. The first-order chi connectivity index (χ1) is 11.3. The van der Waals surface area contributed by atoms with E-state index in [-0.39, 0.29) is 41.4 Å². The number of aromatic amines is 1. The lowest BCUT2D eigenvalue weighted by molar-refractivity contribution is 0.457. The van der Waals surface area contributed by atoms with E-state index in [4.69, 9.17) is 11.2 Å². The largest absolute Gasteiger partial charge is 0.494 e. The monoisotopic (exact) mass is 269 g/mol. The number of anilines is 1. The molecule has 0 unspecified atom stereocenters. The molecular formula is C16H15N3O. The number of nitrogens with zero attached hydrogens (tertiary/aromatic N) is 1. The van der Waals surface area contributed by atoms with Gasteiger partial charge in [-0.2, -0.15) is 0 Å². The van der Waals surface area contributed by atoms with Crippen molar-refractivity contribution in [2.75, 3.05) is 5.73 Å². The number of fused-ring (bicyclic) bond motifs is 1. The molecule has 3 aromatic rings. The third kappa shape index (κ3) is 2.12. The Morgan fingerprint density at radius 1 is 1.30 bits per heavy atom. The number of hydrogen-bond acceptors (Lipinski definition) is 3. The van der Waals surface area contributed by atoms with Gasteiger partial charge >= 0.3 is 0 Å². The Labute approximate surface area is 122 Å². The normalized spacial score (nSPS) is 14.2. The summed E-state index contributed by atoms with van der Waals surface area (Å²) >= 11 is 0. The molecule has 0 aliphatic heterocycles. The van der Waals surface area contributed by atoms with E-state index in [0.29, 0.717) is 5.56 Å². The summed E-state index contributed by atoms with van der Waals surface area (Å²) in [6.07, 6.45) is 1.33. The molecule has 0 fully saturated rings. The molecule has 0 aliphatic rings. The first-order valence-electron chi connectivity index (χ1n) is 8.03. The van der Waals surface area contributed by atoms with Crippen LogP contribution in [0.2, 0.25) is 0 Å². The average molecular weight is 269 g/mol. The first kappa shape index (κ1) is 8.43. The Hall–Kier alpha value is -2.75. The lowest BCUT2D eigenvalue weighted by atomic mass is 10.1. The second-order valence-electron chi connectivity index (χ2n) is 4.41. The van der Waals surface area contributed by atoms with Gasteiger partial charge in [0.25, 0.3) is 0 Å². The van der Waals surface area contributed by atoms with Crippen molar-refractivity contribution < 1.29 is 10.6 Å². The Morgan fingerprint density at radius 3 is 2.80 bits per heavy atom. The SMILES string of the molecule is [2H]c1c([2H])c(N=Cc2c(O)[nH]c3cccc(C)c23)c([2H])c([2H])c1N. The summed E-state index contributed by atoms with van der Waals surface area (Å²) in [5, 5.41) is 10.9. The molecule has 0 radical (unpaired) electrons. The summed E-state index contributed by atoms with van der Waals surface area (Å²) in [5.74, 6) is -0.0752. The lowest BCUT2D eigenvalue weighted by Gasteiger charge is -1.98. The lowest BCUT2D eigenvalue weighted by Crippen LogP contribution is -1.83. The number of nitrogen functional groups attached to an aromatic ring is 1. The van der Waals surface area contributed by atoms with Gasteiger partial charge in [0.1, 0.15) is 0 Å². The van der Waals surface area contributed by atoms with Crippen LogP contribution >= 0.6 is 0 Å². The third-order valence-corrected chi connectivity index (χ3v) is 3.00. The zero-order chi connectivity index (χ0) is 17.6. The van der Waals surface area contributed by atoms with Gasteiger partial charge in [-0.15, -0.1) is 0 Å². The fourth-order valence-electron chi connectivity index (χ4n) is 2.08. The van der Waals surface area contributed by atoms with Gasteiger partial charge in [0.05, 0.1) is 16.7 Å². The smallest absolute Gasteiger partial charge is 0.198 e. The molecule has 0 atom stereocenters. The minimum Gasteiger partial charge on any atom is -0.494 e. The Balaban J connectivity index is 2.19. The maximum atomic E-state index is 10.1. The van der Waals surface area contributed by atoms with Crippen LogP contribution in [0.25, 0.3) is 10.9 Å². The van der Waals surface area contributed by atoms with Gasteiger partial charge in [0.2, 0.25) is 0 Å². The van der Waals surface area contributed by atoms with E-state index in [9.17, 15) is 5.11 Å². The van der Waals surface area contributed by atoms with E-state index < -0.39 is 0 Å². The summed E-state index contributed by atoms with van der Waals surface area (Å²) in [6, 6.07) is 4.27. The zero-order valence-electron chi connectivity index (χ0n) is 14.8. The van der Waals surface area contributed by atoms with Gasteiger partial charge in [0, 0.05) is 22.8 Å². The second-order valence-corrected chi connectivity index (χ2v) is 4.41. The predicted molar refractivity (Wildman–Crippen MR) is 82.8 cm³/mol. The molecule has 0 amide bonds. The fourth-order valence-corrected chi connectivity index (χ4v) is 2.08. The molecule has 4 heteroatoms. The molecule has 0 bridgehead atoms. The number of rotatable bonds is 2.